The fraction of sp³-hybridized carbons (Fsp3) is 0.167. The normalized spacial score (nSPS) is 11.6. The molecule has 0 aliphatic heterocycles. The maximum absolute atomic E-state index is 13.7. The van der Waals surface area contributed by atoms with E-state index in [0.717, 1.165) is 12.1 Å². The number of benzene rings is 1. The topological polar surface area (TPSA) is 58.2 Å². The Morgan fingerprint density at radius 2 is 2.00 bits per heavy atom. The number of hydrogen-bond donors (Lipinski definition) is 2. The summed E-state index contributed by atoms with van der Waals surface area (Å²) >= 11 is 4.10. The molecule has 0 spiro atoms. The largest absolute Gasteiger partial charge is 0.315 e. The fourth-order valence-electron chi connectivity index (χ4n) is 1.66. The Hall–Kier alpha value is -1.03. The predicted octanol–water partition coefficient (Wildman–Crippen LogP) is 3.31. The van der Waals surface area contributed by atoms with Crippen LogP contribution < -0.4 is 10.0 Å². The van der Waals surface area contributed by atoms with Gasteiger partial charge < -0.3 is 5.32 Å². The van der Waals surface area contributed by atoms with Crippen molar-refractivity contribution in [2.24, 2.45) is 0 Å². The first-order valence-corrected chi connectivity index (χ1v) is 8.89. The quantitative estimate of drug-likeness (QED) is 0.762. The van der Waals surface area contributed by atoms with Crippen LogP contribution in [0.1, 0.15) is 4.88 Å². The van der Waals surface area contributed by atoms with Crippen LogP contribution in [-0.4, -0.2) is 15.5 Å². The molecule has 1 heterocycles. The van der Waals surface area contributed by atoms with E-state index in [2.05, 4.69) is 26.0 Å². The third-order valence-corrected chi connectivity index (χ3v) is 5.69. The molecular weight excluding hydrogens is 386 g/mol. The van der Waals surface area contributed by atoms with E-state index in [0.29, 0.717) is 11.4 Å². The van der Waals surface area contributed by atoms with Crippen LogP contribution in [0.5, 0.6) is 0 Å². The van der Waals surface area contributed by atoms with Gasteiger partial charge in [0.05, 0.1) is 10.2 Å². The second-order valence-corrected chi connectivity index (χ2v) is 7.60. The molecule has 1 aromatic heterocycles. The van der Waals surface area contributed by atoms with Gasteiger partial charge in [-0.15, -0.1) is 11.3 Å². The molecule has 0 amide bonds. The van der Waals surface area contributed by atoms with Crippen LogP contribution in [0.3, 0.4) is 0 Å². The van der Waals surface area contributed by atoms with Gasteiger partial charge in [0.1, 0.15) is 16.5 Å². The molecule has 0 aliphatic carbocycles. The standard InChI is InChI=1S/C12H11BrF2N2O2S2/c1-16-6-11-12(2-3-20-11)21(18,19)17-10-5-8(14)7(13)4-9(10)15/h2-5,16-17H,6H2,1H3. The van der Waals surface area contributed by atoms with E-state index in [-0.39, 0.29) is 9.37 Å². The minimum absolute atomic E-state index is 0.0459. The first kappa shape index (κ1) is 16.3. The number of hydrogen-bond acceptors (Lipinski definition) is 4. The Bertz CT molecular complexity index is 763. The number of halogens is 3. The minimum atomic E-state index is -3.98. The molecule has 0 saturated carbocycles. The highest BCUT2D eigenvalue weighted by Crippen LogP contribution is 2.28. The SMILES string of the molecule is CNCc1sccc1S(=O)(=O)Nc1cc(F)c(Br)cc1F. The first-order chi connectivity index (χ1) is 9.85. The molecule has 0 aliphatic rings. The van der Waals surface area contributed by atoms with E-state index in [4.69, 9.17) is 0 Å². The molecule has 0 atom stereocenters. The Balaban J connectivity index is 2.38. The van der Waals surface area contributed by atoms with Gasteiger partial charge in [-0.3, -0.25) is 4.72 Å². The van der Waals surface area contributed by atoms with Crippen molar-refractivity contribution in [3.8, 4) is 0 Å². The number of anilines is 1. The lowest BCUT2D eigenvalue weighted by atomic mass is 10.3. The van der Waals surface area contributed by atoms with Gasteiger partial charge in [-0.25, -0.2) is 17.2 Å². The van der Waals surface area contributed by atoms with Crippen molar-refractivity contribution < 1.29 is 17.2 Å². The van der Waals surface area contributed by atoms with Crippen LogP contribution in [-0.2, 0) is 16.6 Å². The summed E-state index contributed by atoms with van der Waals surface area (Å²) in [5.74, 6) is -1.62. The van der Waals surface area contributed by atoms with E-state index in [1.807, 2.05) is 0 Å². The van der Waals surface area contributed by atoms with Gasteiger partial charge in [-0.1, -0.05) is 0 Å². The van der Waals surface area contributed by atoms with Crippen LogP contribution in [0.25, 0.3) is 0 Å². The average molecular weight is 397 g/mol. The summed E-state index contributed by atoms with van der Waals surface area (Å²) in [4.78, 5) is 0.632. The van der Waals surface area contributed by atoms with Gasteiger partial charge in [-0.05, 0) is 40.5 Å². The number of rotatable bonds is 5. The predicted molar refractivity (Wildman–Crippen MR) is 81.9 cm³/mol. The van der Waals surface area contributed by atoms with Crippen molar-refractivity contribution in [3.63, 3.8) is 0 Å². The maximum atomic E-state index is 13.7. The van der Waals surface area contributed by atoms with Gasteiger partial charge in [-0.2, -0.15) is 0 Å². The maximum Gasteiger partial charge on any atom is 0.263 e. The summed E-state index contributed by atoms with van der Waals surface area (Å²) in [6, 6.07) is 3.09. The zero-order valence-electron chi connectivity index (χ0n) is 10.8. The number of sulfonamides is 1. The van der Waals surface area contributed by atoms with Crippen molar-refractivity contribution in [2.45, 2.75) is 11.4 Å². The summed E-state index contributed by atoms with van der Waals surface area (Å²) in [7, 11) is -2.29. The van der Waals surface area contributed by atoms with Crippen molar-refractivity contribution in [3.05, 3.63) is 44.6 Å². The Labute approximate surface area is 133 Å². The van der Waals surface area contributed by atoms with Gasteiger partial charge in [0.25, 0.3) is 10.0 Å². The second-order valence-electron chi connectivity index (χ2n) is 4.09. The molecule has 1 aromatic carbocycles. The summed E-state index contributed by atoms with van der Waals surface area (Å²) in [5.41, 5.74) is -0.433. The lowest BCUT2D eigenvalue weighted by Gasteiger charge is -2.10. The van der Waals surface area contributed by atoms with Gasteiger partial charge in [0.15, 0.2) is 0 Å². The van der Waals surface area contributed by atoms with E-state index >= 15 is 0 Å². The third-order valence-electron chi connectivity index (χ3n) is 2.59. The summed E-state index contributed by atoms with van der Waals surface area (Å²) in [5, 5.41) is 4.48. The van der Waals surface area contributed by atoms with Crippen LogP contribution in [0.4, 0.5) is 14.5 Å². The first-order valence-electron chi connectivity index (χ1n) is 5.73. The highest BCUT2D eigenvalue weighted by molar-refractivity contribution is 9.10. The fourth-order valence-corrected chi connectivity index (χ4v) is 4.49. The summed E-state index contributed by atoms with van der Waals surface area (Å²) < 4.78 is 53.7. The highest BCUT2D eigenvalue weighted by Gasteiger charge is 2.21. The van der Waals surface area contributed by atoms with Gasteiger partial charge in [0, 0.05) is 17.5 Å². The van der Waals surface area contributed by atoms with Gasteiger partial charge in [0.2, 0.25) is 0 Å². The van der Waals surface area contributed by atoms with Crippen LogP contribution in [0, 0.1) is 11.6 Å². The smallest absolute Gasteiger partial charge is 0.263 e. The van der Waals surface area contributed by atoms with Gasteiger partial charge >= 0.3 is 0 Å². The number of nitrogens with one attached hydrogen (secondary N) is 2. The van der Waals surface area contributed by atoms with E-state index in [1.54, 1.807) is 12.4 Å². The van der Waals surface area contributed by atoms with Crippen molar-refractivity contribution in [1.82, 2.24) is 5.32 Å². The van der Waals surface area contributed by atoms with Crippen LogP contribution in [0.15, 0.2) is 32.9 Å². The third kappa shape index (κ3) is 3.60. The van der Waals surface area contributed by atoms with E-state index in [9.17, 15) is 17.2 Å². The zero-order valence-corrected chi connectivity index (χ0v) is 14.0. The molecule has 4 nitrogen and oxygen atoms in total. The lowest BCUT2D eigenvalue weighted by Crippen LogP contribution is -2.16. The number of thiophene rings is 1. The molecule has 0 unspecified atom stereocenters. The molecule has 21 heavy (non-hydrogen) atoms. The zero-order chi connectivity index (χ0) is 15.6. The van der Waals surface area contributed by atoms with Crippen LogP contribution in [0.2, 0.25) is 0 Å². The molecule has 0 radical (unpaired) electrons. The molecule has 0 fully saturated rings. The Morgan fingerprint density at radius 3 is 2.67 bits per heavy atom. The van der Waals surface area contributed by atoms with E-state index in [1.165, 1.54) is 17.4 Å². The summed E-state index contributed by atoms with van der Waals surface area (Å²) in [6.45, 7) is 0.366. The van der Waals surface area contributed by atoms with E-state index < -0.39 is 27.3 Å². The van der Waals surface area contributed by atoms with Crippen molar-refractivity contribution in [2.75, 3.05) is 11.8 Å². The minimum Gasteiger partial charge on any atom is -0.315 e. The lowest BCUT2D eigenvalue weighted by molar-refractivity contribution is 0.591. The Morgan fingerprint density at radius 1 is 1.29 bits per heavy atom. The van der Waals surface area contributed by atoms with Crippen LogP contribution >= 0.6 is 27.3 Å². The molecule has 2 rings (SSSR count). The molecule has 2 aromatic rings. The molecule has 0 bridgehead atoms. The second kappa shape index (κ2) is 6.39. The molecule has 114 valence electrons. The average Bonchev–Trinajstić information content (AvgIpc) is 2.85. The van der Waals surface area contributed by atoms with Crippen molar-refractivity contribution in [1.29, 1.82) is 0 Å². The Kier molecular flexibility index (Phi) is 4.97. The summed E-state index contributed by atoms with van der Waals surface area (Å²) in [6.07, 6.45) is 0. The highest BCUT2D eigenvalue weighted by atomic mass is 79.9. The molecule has 0 saturated heterocycles. The molecular formula is C12H11BrF2N2O2S2. The molecule has 9 heteroatoms. The van der Waals surface area contributed by atoms with Crippen molar-refractivity contribution >= 4 is 43.0 Å². The monoisotopic (exact) mass is 396 g/mol. The molecule has 2 N–H and O–H groups in total.